The molecule has 0 saturated carbocycles. The van der Waals surface area contributed by atoms with Crippen LogP contribution in [0.2, 0.25) is 0 Å². The number of aliphatic imine (C=N–C) groups is 1. The number of nitrogens with zero attached hydrogens (tertiary/aromatic N) is 1. The fourth-order valence-electron chi connectivity index (χ4n) is 2.15. The molecule has 1 aliphatic heterocycles. The van der Waals surface area contributed by atoms with Crippen LogP contribution in [0.4, 0.5) is 5.69 Å². The van der Waals surface area contributed by atoms with Crippen molar-refractivity contribution in [2.75, 3.05) is 6.61 Å². The molecule has 0 radical (unpaired) electrons. The summed E-state index contributed by atoms with van der Waals surface area (Å²) in [4.78, 5) is 17.2. The highest BCUT2D eigenvalue weighted by atomic mass is 79.9. The second-order valence-electron chi connectivity index (χ2n) is 5.10. The van der Waals surface area contributed by atoms with Gasteiger partial charge in [0.15, 0.2) is 5.17 Å². The van der Waals surface area contributed by atoms with Crippen LogP contribution in [-0.2, 0) is 4.79 Å². The summed E-state index contributed by atoms with van der Waals surface area (Å²) in [6.07, 6.45) is 3.48. The summed E-state index contributed by atoms with van der Waals surface area (Å²) in [6.45, 7) is 4.06. The first-order valence-corrected chi connectivity index (χ1v) is 9.14. The van der Waals surface area contributed by atoms with Crippen molar-refractivity contribution in [3.63, 3.8) is 0 Å². The van der Waals surface area contributed by atoms with Crippen molar-refractivity contribution in [1.82, 2.24) is 5.32 Å². The molecule has 126 valence electrons. The number of benzene rings is 2. The van der Waals surface area contributed by atoms with Crippen LogP contribution < -0.4 is 10.1 Å². The first-order valence-electron chi connectivity index (χ1n) is 7.53. The molecule has 0 bridgehead atoms. The van der Waals surface area contributed by atoms with Gasteiger partial charge in [-0.05, 0) is 48.2 Å². The van der Waals surface area contributed by atoms with Crippen molar-refractivity contribution in [2.24, 2.45) is 4.99 Å². The third-order valence-corrected chi connectivity index (χ3v) is 4.66. The Bertz CT molecular complexity index is 863. The Morgan fingerprint density at radius 1 is 1.24 bits per heavy atom. The molecule has 1 amide bonds. The Balaban J connectivity index is 1.87. The number of ether oxygens (including phenoxy) is 1. The summed E-state index contributed by atoms with van der Waals surface area (Å²) in [7, 11) is 0. The van der Waals surface area contributed by atoms with Crippen LogP contribution in [0.1, 0.15) is 5.56 Å². The van der Waals surface area contributed by atoms with E-state index in [4.69, 9.17) is 4.74 Å². The topological polar surface area (TPSA) is 50.7 Å². The highest BCUT2D eigenvalue weighted by Gasteiger charge is 2.24. The zero-order valence-electron chi connectivity index (χ0n) is 13.2. The Kier molecular flexibility index (Phi) is 5.73. The molecule has 0 aliphatic carbocycles. The Morgan fingerprint density at radius 2 is 2.04 bits per heavy atom. The SMILES string of the molecule is C=CCOc1ccc(Br)cc1/C=C1\SC(=Nc2ccccc2)NC1=O. The predicted octanol–water partition coefficient (Wildman–Crippen LogP) is 4.91. The summed E-state index contributed by atoms with van der Waals surface area (Å²) in [6, 6.07) is 15.2. The molecular formula is C19H15BrN2O2S. The fourth-order valence-corrected chi connectivity index (χ4v) is 3.37. The van der Waals surface area contributed by atoms with Crippen LogP contribution in [0.3, 0.4) is 0 Å². The third kappa shape index (κ3) is 4.61. The van der Waals surface area contributed by atoms with Gasteiger partial charge >= 0.3 is 0 Å². The number of halogens is 1. The molecular weight excluding hydrogens is 400 g/mol. The van der Waals surface area contributed by atoms with E-state index in [9.17, 15) is 4.79 Å². The van der Waals surface area contributed by atoms with Crippen LogP contribution in [-0.4, -0.2) is 17.7 Å². The molecule has 0 spiro atoms. The fraction of sp³-hybridized carbons (Fsp3) is 0.0526. The van der Waals surface area contributed by atoms with E-state index >= 15 is 0 Å². The second kappa shape index (κ2) is 8.18. The lowest BCUT2D eigenvalue weighted by Gasteiger charge is -2.08. The minimum atomic E-state index is -0.172. The number of para-hydroxylation sites is 1. The molecule has 0 aromatic heterocycles. The van der Waals surface area contributed by atoms with E-state index in [2.05, 4.69) is 32.8 Å². The molecule has 1 fully saturated rings. The van der Waals surface area contributed by atoms with Gasteiger partial charge in [-0.25, -0.2) is 4.99 Å². The van der Waals surface area contributed by atoms with Gasteiger partial charge in [0.2, 0.25) is 0 Å². The van der Waals surface area contributed by atoms with E-state index in [-0.39, 0.29) is 5.91 Å². The number of amidine groups is 1. The van der Waals surface area contributed by atoms with Crippen molar-refractivity contribution in [3.05, 3.63) is 76.1 Å². The van der Waals surface area contributed by atoms with Gasteiger partial charge in [0.05, 0.1) is 10.6 Å². The van der Waals surface area contributed by atoms with Crippen LogP contribution in [0.15, 0.2) is 75.6 Å². The van der Waals surface area contributed by atoms with Gasteiger partial charge in [-0.1, -0.05) is 46.8 Å². The summed E-state index contributed by atoms with van der Waals surface area (Å²) < 4.78 is 6.56. The average molecular weight is 415 g/mol. The average Bonchev–Trinajstić information content (AvgIpc) is 2.94. The highest BCUT2D eigenvalue weighted by molar-refractivity contribution is 9.10. The number of nitrogens with one attached hydrogen (secondary N) is 1. The normalized spacial score (nSPS) is 16.9. The number of thioether (sulfide) groups is 1. The summed E-state index contributed by atoms with van der Waals surface area (Å²) in [5, 5.41) is 3.35. The van der Waals surface area contributed by atoms with Crippen molar-refractivity contribution < 1.29 is 9.53 Å². The minimum Gasteiger partial charge on any atom is -0.489 e. The second-order valence-corrected chi connectivity index (χ2v) is 7.05. The van der Waals surface area contributed by atoms with E-state index in [1.807, 2.05) is 48.5 Å². The first kappa shape index (κ1) is 17.5. The van der Waals surface area contributed by atoms with Crippen molar-refractivity contribution in [3.8, 4) is 5.75 Å². The molecule has 25 heavy (non-hydrogen) atoms. The molecule has 6 heteroatoms. The molecule has 2 aromatic carbocycles. The van der Waals surface area contributed by atoms with E-state index in [0.717, 1.165) is 15.7 Å². The smallest absolute Gasteiger partial charge is 0.264 e. The lowest BCUT2D eigenvalue weighted by Crippen LogP contribution is -2.19. The minimum absolute atomic E-state index is 0.172. The maximum atomic E-state index is 12.2. The van der Waals surface area contributed by atoms with Crippen LogP contribution in [0.25, 0.3) is 6.08 Å². The van der Waals surface area contributed by atoms with Crippen molar-refractivity contribution >= 4 is 50.5 Å². The predicted molar refractivity (Wildman–Crippen MR) is 107 cm³/mol. The molecule has 3 rings (SSSR count). The lowest BCUT2D eigenvalue weighted by atomic mass is 10.2. The Morgan fingerprint density at radius 3 is 2.80 bits per heavy atom. The summed E-state index contributed by atoms with van der Waals surface area (Å²) in [5.41, 5.74) is 1.61. The van der Waals surface area contributed by atoms with Crippen LogP contribution in [0, 0.1) is 0 Å². The molecule has 0 unspecified atom stereocenters. The summed E-state index contributed by atoms with van der Waals surface area (Å²) >= 11 is 4.76. The standard InChI is InChI=1S/C19H15BrN2O2S/c1-2-10-24-16-9-8-14(20)11-13(16)12-17-18(23)22-19(25-17)21-15-6-4-3-5-7-15/h2-9,11-12H,1,10H2,(H,21,22,23)/b17-12-. The molecule has 2 aromatic rings. The van der Waals surface area contributed by atoms with Gasteiger partial charge in [0.1, 0.15) is 12.4 Å². The van der Waals surface area contributed by atoms with Gasteiger partial charge in [0, 0.05) is 10.0 Å². The largest absolute Gasteiger partial charge is 0.489 e. The number of carbonyl (C=O) groups excluding carboxylic acids is 1. The monoisotopic (exact) mass is 414 g/mol. The van der Waals surface area contributed by atoms with Crippen LogP contribution >= 0.6 is 27.7 Å². The van der Waals surface area contributed by atoms with Gasteiger partial charge in [-0.2, -0.15) is 0 Å². The van der Waals surface area contributed by atoms with Crippen LogP contribution in [0.5, 0.6) is 5.75 Å². The lowest BCUT2D eigenvalue weighted by molar-refractivity contribution is -0.115. The van der Waals surface area contributed by atoms with E-state index in [1.165, 1.54) is 11.8 Å². The zero-order chi connectivity index (χ0) is 17.6. The molecule has 1 saturated heterocycles. The third-order valence-electron chi connectivity index (χ3n) is 3.25. The van der Waals surface area contributed by atoms with Gasteiger partial charge in [0.25, 0.3) is 5.91 Å². The number of amides is 1. The Hall–Kier alpha value is -2.31. The van der Waals surface area contributed by atoms with Gasteiger partial charge in [-0.3, -0.25) is 4.79 Å². The highest BCUT2D eigenvalue weighted by Crippen LogP contribution is 2.32. The van der Waals surface area contributed by atoms with Crippen molar-refractivity contribution in [2.45, 2.75) is 0 Å². The molecule has 4 nitrogen and oxygen atoms in total. The van der Waals surface area contributed by atoms with E-state index < -0.39 is 0 Å². The maximum Gasteiger partial charge on any atom is 0.264 e. The van der Waals surface area contributed by atoms with Gasteiger partial charge < -0.3 is 10.1 Å². The number of carbonyl (C=O) groups is 1. The molecule has 0 atom stereocenters. The quantitative estimate of drug-likeness (QED) is 0.558. The Labute approximate surface area is 158 Å². The van der Waals surface area contributed by atoms with Gasteiger partial charge in [-0.15, -0.1) is 0 Å². The van der Waals surface area contributed by atoms with Crippen molar-refractivity contribution in [1.29, 1.82) is 0 Å². The summed E-state index contributed by atoms with van der Waals surface area (Å²) in [5.74, 6) is 0.520. The number of rotatable bonds is 5. The molecule has 1 heterocycles. The maximum absolute atomic E-state index is 12.2. The molecule has 1 N–H and O–H groups in total. The first-order chi connectivity index (χ1) is 12.2. The number of hydrogen-bond acceptors (Lipinski definition) is 4. The number of hydrogen-bond donors (Lipinski definition) is 1. The van der Waals surface area contributed by atoms with E-state index in [1.54, 1.807) is 12.2 Å². The van der Waals surface area contributed by atoms with E-state index in [0.29, 0.717) is 22.4 Å². The zero-order valence-corrected chi connectivity index (χ0v) is 15.6. The molecule has 1 aliphatic rings.